The molecule has 0 radical (unpaired) electrons. The summed E-state index contributed by atoms with van der Waals surface area (Å²) in [6.07, 6.45) is 2.98. The first kappa shape index (κ1) is 15.3. The number of sulfonamides is 1. The van der Waals surface area contributed by atoms with Crippen molar-refractivity contribution in [1.29, 1.82) is 0 Å². The van der Waals surface area contributed by atoms with Gasteiger partial charge >= 0.3 is 0 Å². The molecule has 1 saturated carbocycles. The second-order valence-electron chi connectivity index (χ2n) is 5.52. The smallest absolute Gasteiger partial charge is 0.242 e. The van der Waals surface area contributed by atoms with Crippen molar-refractivity contribution in [2.24, 2.45) is 5.92 Å². The van der Waals surface area contributed by atoms with E-state index in [0.29, 0.717) is 18.0 Å². The van der Waals surface area contributed by atoms with E-state index in [9.17, 15) is 13.5 Å². The number of nitrogens with one attached hydrogen (secondary N) is 1. The van der Waals surface area contributed by atoms with Crippen molar-refractivity contribution >= 4 is 15.7 Å². The minimum Gasteiger partial charge on any atom is -0.398 e. The summed E-state index contributed by atoms with van der Waals surface area (Å²) in [5.74, 6) is 0.290. The summed E-state index contributed by atoms with van der Waals surface area (Å²) in [5.41, 5.74) is 6.71. The second-order valence-corrected chi connectivity index (χ2v) is 7.22. The molecule has 1 aliphatic rings. The van der Waals surface area contributed by atoms with Crippen molar-refractivity contribution in [2.45, 2.75) is 43.6 Å². The molecule has 6 heteroatoms. The zero-order chi connectivity index (χ0) is 14.8. The summed E-state index contributed by atoms with van der Waals surface area (Å²) in [7, 11) is -3.57. The number of anilines is 1. The van der Waals surface area contributed by atoms with Gasteiger partial charge in [0.25, 0.3) is 0 Å². The van der Waals surface area contributed by atoms with Gasteiger partial charge in [-0.25, -0.2) is 13.1 Å². The molecule has 1 aromatic rings. The Morgan fingerprint density at radius 3 is 2.55 bits per heavy atom. The van der Waals surface area contributed by atoms with Gasteiger partial charge in [-0.15, -0.1) is 0 Å². The Morgan fingerprint density at radius 1 is 1.30 bits per heavy atom. The van der Waals surface area contributed by atoms with Crippen LogP contribution in [-0.4, -0.2) is 26.2 Å². The predicted octanol–water partition coefficient (Wildman–Crippen LogP) is 1.41. The fourth-order valence-corrected chi connectivity index (χ4v) is 4.16. The number of rotatable bonds is 4. The molecule has 0 aromatic heterocycles. The quantitative estimate of drug-likeness (QED) is 0.733. The molecule has 0 saturated heterocycles. The largest absolute Gasteiger partial charge is 0.398 e. The van der Waals surface area contributed by atoms with Crippen LogP contribution in [0.3, 0.4) is 0 Å². The van der Waals surface area contributed by atoms with E-state index >= 15 is 0 Å². The van der Waals surface area contributed by atoms with Crippen molar-refractivity contribution in [2.75, 3.05) is 12.3 Å². The van der Waals surface area contributed by atoms with Crippen LogP contribution in [0, 0.1) is 12.8 Å². The Kier molecular flexibility index (Phi) is 4.67. The highest BCUT2D eigenvalue weighted by atomic mass is 32.2. The maximum atomic E-state index is 12.3. The highest BCUT2D eigenvalue weighted by molar-refractivity contribution is 7.89. The molecule has 0 spiro atoms. The van der Waals surface area contributed by atoms with Gasteiger partial charge in [0.2, 0.25) is 10.0 Å². The first-order chi connectivity index (χ1) is 9.40. The summed E-state index contributed by atoms with van der Waals surface area (Å²) >= 11 is 0. The normalized spacial score (nSPS) is 23.7. The second kappa shape index (κ2) is 6.11. The summed E-state index contributed by atoms with van der Waals surface area (Å²) in [6.45, 7) is 2.14. The van der Waals surface area contributed by atoms with Crippen LogP contribution < -0.4 is 10.5 Å². The van der Waals surface area contributed by atoms with Crippen molar-refractivity contribution in [3.8, 4) is 0 Å². The average molecular weight is 298 g/mol. The molecule has 0 atom stereocenters. The van der Waals surface area contributed by atoms with E-state index in [1.165, 1.54) is 0 Å². The highest BCUT2D eigenvalue weighted by Gasteiger charge is 2.24. The first-order valence-corrected chi connectivity index (χ1v) is 8.41. The highest BCUT2D eigenvalue weighted by Crippen LogP contribution is 2.25. The SMILES string of the molecule is Cc1cccc(N)c1S(=O)(=O)NCC1CCC(O)CC1. The van der Waals surface area contributed by atoms with E-state index in [2.05, 4.69) is 4.72 Å². The third-order valence-electron chi connectivity index (χ3n) is 3.89. The molecule has 1 fully saturated rings. The predicted molar refractivity (Wildman–Crippen MR) is 78.7 cm³/mol. The fraction of sp³-hybridized carbons (Fsp3) is 0.571. The van der Waals surface area contributed by atoms with E-state index < -0.39 is 10.0 Å². The lowest BCUT2D eigenvalue weighted by atomic mass is 9.88. The first-order valence-electron chi connectivity index (χ1n) is 6.93. The molecule has 0 unspecified atom stereocenters. The minimum atomic E-state index is -3.57. The lowest BCUT2D eigenvalue weighted by molar-refractivity contribution is 0.110. The lowest BCUT2D eigenvalue weighted by Gasteiger charge is -2.25. The number of nitrogen functional groups attached to an aromatic ring is 1. The van der Waals surface area contributed by atoms with Gasteiger partial charge in [-0.3, -0.25) is 0 Å². The van der Waals surface area contributed by atoms with Crippen LogP contribution in [0.5, 0.6) is 0 Å². The Hall–Kier alpha value is -1.11. The third kappa shape index (κ3) is 3.50. The van der Waals surface area contributed by atoms with Crippen LogP contribution in [0.1, 0.15) is 31.2 Å². The fourth-order valence-electron chi connectivity index (χ4n) is 2.69. The van der Waals surface area contributed by atoms with E-state index in [4.69, 9.17) is 5.73 Å². The molecule has 20 heavy (non-hydrogen) atoms. The molecule has 5 nitrogen and oxygen atoms in total. The number of aliphatic hydroxyl groups excluding tert-OH is 1. The zero-order valence-electron chi connectivity index (χ0n) is 11.7. The molecular weight excluding hydrogens is 276 g/mol. The van der Waals surface area contributed by atoms with Crippen molar-refractivity contribution in [1.82, 2.24) is 4.72 Å². The summed E-state index contributed by atoms with van der Waals surface area (Å²) in [5, 5.41) is 9.45. The molecule has 2 rings (SSSR count). The van der Waals surface area contributed by atoms with Gasteiger partial charge in [-0.2, -0.15) is 0 Å². The maximum Gasteiger partial charge on any atom is 0.242 e. The maximum absolute atomic E-state index is 12.3. The van der Waals surface area contributed by atoms with Gasteiger partial charge in [0, 0.05) is 6.54 Å². The zero-order valence-corrected chi connectivity index (χ0v) is 12.5. The summed E-state index contributed by atoms with van der Waals surface area (Å²) < 4.78 is 27.3. The van der Waals surface area contributed by atoms with E-state index in [1.54, 1.807) is 25.1 Å². The van der Waals surface area contributed by atoms with Gasteiger partial charge in [0.05, 0.1) is 11.8 Å². The lowest BCUT2D eigenvalue weighted by Crippen LogP contribution is -2.32. The average Bonchev–Trinajstić information content (AvgIpc) is 2.37. The number of aryl methyl sites for hydroxylation is 1. The van der Waals surface area contributed by atoms with E-state index in [0.717, 1.165) is 25.7 Å². The molecule has 4 N–H and O–H groups in total. The summed E-state index contributed by atoms with van der Waals surface area (Å²) in [6, 6.07) is 5.08. The van der Waals surface area contributed by atoms with Crippen molar-refractivity contribution in [3.63, 3.8) is 0 Å². The molecule has 0 bridgehead atoms. The summed E-state index contributed by atoms with van der Waals surface area (Å²) in [4.78, 5) is 0.177. The van der Waals surface area contributed by atoms with Gasteiger partial charge in [0.15, 0.2) is 0 Å². The van der Waals surface area contributed by atoms with Gasteiger partial charge < -0.3 is 10.8 Å². The van der Waals surface area contributed by atoms with Crippen molar-refractivity contribution in [3.05, 3.63) is 23.8 Å². The Morgan fingerprint density at radius 2 is 1.95 bits per heavy atom. The molecule has 0 aliphatic heterocycles. The molecule has 1 aliphatic carbocycles. The van der Waals surface area contributed by atoms with Crippen LogP contribution in [0.25, 0.3) is 0 Å². The number of hydrogen-bond acceptors (Lipinski definition) is 4. The van der Waals surface area contributed by atoms with Crippen LogP contribution in [0.4, 0.5) is 5.69 Å². The number of hydrogen-bond donors (Lipinski definition) is 3. The van der Waals surface area contributed by atoms with Gasteiger partial charge in [-0.05, 0) is 50.2 Å². The Balaban J connectivity index is 2.05. The Labute approximate surface area is 120 Å². The Bertz CT molecular complexity index is 544. The number of aliphatic hydroxyl groups is 1. The molecule has 0 heterocycles. The van der Waals surface area contributed by atoms with Crippen LogP contribution in [0.2, 0.25) is 0 Å². The minimum absolute atomic E-state index is 0.177. The van der Waals surface area contributed by atoms with E-state index in [1.807, 2.05) is 0 Å². The van der Waals surface area contributed by atoms with Gasteiger partial charge in [-0.1, -0.05) is 12.1 Å². The third-order valence-corrected chi connectivity index (χ3v) is 5.53. The molecule has 1 aromatic carbocycles. The van der Waals surface area contributed by atoms with Crippen LogP contribution in [0.15, 0.2) is 23.1 Å². The topological polar surface area (TPSA) is 92.4 Å². The monoisotopic (exact) mass is 298 g/mol. The standard InChI is InChI=1S/C14H22N2O3S/c1-10-3-2-4-13(15)14(10)20(18,19)16-9-11-5-7-12(17)8-6-11/h2-4,11-12,16-17H,5-9,15H2,1H3. The van der Waals surface area contributed by atoms with Crippen molar-refractivity contribution < 1.29 is 13.5 Å². The number of nitrogens with two attached hydrogens (primary N) is 1. The van der Waals surface area contributed by atoms with E-state index in [-0.39, 0.29) is 16.7 Å². The molecular formula is C14H22N2O3S. The van der Waals surface area contributed by atoms with Crippen LogP contribution >= 0.6 is 0 Å². The molecule has 0 amide bonds. The van der Waals surface area contributed by atoms with Crippen LogP contribution in [-0.2, 0) is 10.0 Å². The number of benzene rings is 1. The molecule has 112 valence electrons. The van der Waals surface area contributed by atoms with Gasteiger partial charge in [0.1, 0.15) is 4.90 Å².